The molecule has 0 spiro atoms. The summed E-state index contributed by atoms with van der Waals surface area (Å²) in [5.74, 6) is -1.00. The molecule has 0 aliphatic carbocycles. The van der Waals surface area contributed by atoms with Crippen LogP contribution in [0.2, 0.25) is 5.02 Å². The number of thiophene rings is 1. The highest BCUT2D eigenvalue weighted by Crippen LogP contribution is 2.31. The summed E-state index contributed by atoms with van der Waals surface area (Å²) < 4.78 is 0. The molecule has 1 heterocycles. The van der Waals surface area contributed by atoms with Gasteiger partial charge in [-0.3, -0.25) is 0 Å². The van der Waals surface area contributed by atoms with E-state index < -0.39 is 5.97 Å². The van der Waals surface area contributed by atoms with E-state index in [2.05, 4.69) is 0 Å². The van der Waals surface area contributed by atoms with Crippen LogP contribution in [-0.2, 0) is 0 Å². The van der Waals surface area contributed by atoms with E-state index in [-0.39, 0.29) is 10.6 Å². The second-order valence-corrected chi connectivity index (χ2v) is 4.76. The Hall–Kier alpha value is -1.32. The summed E-state index contributed by atoms with van der Waals surface area (Å²) in [6.07, 6.45) is 0. The van der Waals surface area contributed by atoms with E-state index in [1.54, 1.807) is 29.5 Å². The van der Waals surface area contributed by atoms with E-state index in [1.807, 2.05) is 18.4 Å². The first-order valence-electron chi connectivity index (χ1n) is 4.67. The van der Waals surface area contributed by atoms with E-state index >= 15 is 0 Å². The van der Waals surface area contributed by atoms with Gasteiger partial charge in [0.05, 0.1) is 10.6 Å². The van der Waals surface area contributed by atoms with E-state index in [4.69, 9.17) is 16.7 Å². The zero-order valence-electron chi connectivity index (χ0n) is 8.53. The molecule has 0 aliphatic rings. The van der Waals surface area contributed by atoms with Crippen LogP contribution in [0, 0.1) is 6.92 Å². The number of carboxylic acids is 1. The van der Waals surface area contributed by atoms with E-state index in [9.17, 15) is 4.79 Å². The molecule has 2 aromatic rings. The average Bonchev–Trinajstić information content (AvgIpc) is 2.63. The van der Waals surface area contributed by atoms with Crippen molar-refractivity contribution < 1.29 is 9.90 Å². The maximum atomic E-state index is 10.8. The fraction of sp³-hybridized carbons (Fsp3) is 0.0833. The Labute approximate surface area is 102 Å². The van der Waals surface area contributed by atoms with Gasteiger partial charge in [0.15, 0.2) is 0 Å². The van der Waals surface area contributed by atoms with Crippen molar-refractivity contribution in [3.8, 4) is 10.4 Å². The van der Waals surface area contributed by atoms with Gasteiger partial charge >= 0.3 is 5.97 Å². The van der Waals surface area contributed by atoms with Crippen LogP contribution in [-0.4, -0.2) is 11.1 Å². The zero-order valence-corrected chi connectivity index (χ0v) is 10.1. The molecule has 2 rings (SSSR count). The summed E-state index contributed by atoms with van der Waals surface area (Å²) in [4.78, 5) is 11.9. The number of halogens is 1. The Morgan fingerprint density at radius 1 is 1.38 bits per heavy atom. The van der Waals surface area contributed by atoms with Gasteiger partial charge in [-0.15, -0.1) is 11.3 Å². The van der Waals surface area contributed by atoms with Crippen molar-refractivity contribution in [2.45, 2.75) is 6.92 Å². The van der Waals surface area contributed by atoms with Gasteiger partial charge < -0.3 is 5.11 Å². The molecule has 4 heteroatoms. The first-order chi connectivity index (χ1) is 7.59. The number of benzene rings is 1. The standard InChI is InChI=1S/C12H9ClO2S/c1-7-4-5-16-11(7)8-2-3-9(12(14)15)10(13)6-8/h2-6H,1H3,(H,14,15). The normalized spacial score (nSPS) is 10.4. The Kier molecular flexibility index (Phi) is 2.99. The Bertz CT molecular complexity index is 546. The van der Waals surface area contributed by atoms with E-state index in [1.165, 1.54) is 5.56 Å². The molecule has 0 saturated heterocycles. The molecule has 1 N–H and O–H groups in total. The summed E-state index contributed by atoms with van der Waals surface area (Å²) in [5.41, 5.74) is 2.27. The zero-order chi connectivity index (χ0) is 11.7. The van der Waals surface area contributed by atoms with Gasteiger partial charge in [-0.1, -0.05) is 17.7 Å². The molecule has 0 bridgehead atoms. The highest BCUT2D eigenvalue weighted by molar-refractivity contribution is 7.13. The molecule has 0 atom stereocenters. The minimum Gasteiger partial charge on any atom is -0.478 e. The van der Waals surface area contributed by atoms with Gasteiger partial charge in [-0.05, 0) is 41.6 Å². The number of aromatic carboxylic acids is 1. The van der Waals surface area contributed by atoms with E-state index in [0.717, 1.165) is 10.4 Å². The first-order valence-corrected chi connectivity index (χ1v) is 5.92. The molecule has 0 saturated carbocycles. The number of carbonyl (C=O) groups is 1. The molecular weight excluding hydrogens is 244 g/mol. The highest BCUT2D eigenvalue weighted by atomic mass is 35.5. The molecule has 16 heavy (non-hydrogen) atoms. The minimum absolute atomic E-state index is 0.139. The van der Waals surface area contributed by atoms with Crippen molar-refractivity contribution in [2.24, 2.45) is 0 Å². The lowest BCUT2D eigenvalue weighted by molar-refractivity contribution is 0.0697. The lowest BCUT2D eigenvalue weighted by atomic mass is 10.1. The van der Waals surface area contributed by atoms with Crippen molar-refractivity contribution in [1.29, 1.82) is 0 Å². The SMILES string of the molecule is Cc1ccsc1-c1ccc(C(=O)O)c(Cl)c1. The van der Waals surface area contributed by atoms with Gasteiger partial charge in [-0.2, -0.15) is 0 Å². The number of aryl methyl sites for hydroxylation is 1. The first kappa shape index (κ1) is 11.2. The number of hydrogen-bond acceptors (Lipinski definition) is 2. The molecule has 0 amide bonds. The van der Waals surface area contributed by atoms with Crippen LogP contribution in [0.1, 0.15) is 15.9 Å². The Morgan fingerprint density at radius 3 is 2.62 bits per heavy atom. The summed E-state index contributed by atoms with van der Waals surface area (Å²) >= 11 is 7.54. The van der Waals surface area contributed by atoms with Crippen LogP contribution in [0.5, 0.6) is 0 Å². The topological polar surface area (TPSA) is 37.3 Å². The quantitative estimate of drug-likeness (QED) is 0.875. The van der Waals surface area contributed by atoms with Crippen molar-refractivity contribution in [2.75, 3.05) is 0 Å². The van der Waals surface area contributed by atoms with Gasteiger partial charge in [0, 0.05) is 4.88 Å². The number of rotatable bonds is 2. The van der Waals surface area contributed by atoms with Crippen molar-refractivity contribution in [3.05, 3.63) is 45.8 Å². The summed E-state index contributed by atoms with van der Waals surface area (Å²) in [7, 11) is 0. The predicted octanol–water partition coefficient (Wildman–Crippen LogP) is 4.08. The smallest absolute Gasteiger partial charge is 0.337 e. The minimum atomic E-state index is -1.00. The van der Waals surface area contributed by atoms with Gasteiger partial charge in [0.2, 0.25) is 0 Å². The van der Waals surface area contributed by atoms with Crippen LogP contribution in [0.25, 0.3) is 10.4 Å². The predicted molar refractivity (Wildman–Crippen MR) is 66.5 cm³/mol. The molecule has 2 nitrogen and oxygen atoms in total. The van der Waals surface area contributed by atoms with Crippen LogP contribution < -0.4 is 0 Å². The number of hydrogen-bond donors (Lipinski definition) is 1. The van der Waals surface area contributed by atoms with Crippen LogP contribution in [0.15, 0.2) is 29.6 Å². The molecule has 0 radical (unpaired) electrons. The van der Waals surface area contributed by atoms with Crippen molar-refractivity contribution in [3.63, 3.8) is 0 Å². The molecule has 1 aromatic carbocycles. The fourth-order valence-corrected chi connectivity index (χ4v) is 2.68. The largest absolute Gasteiger partial charge is 0.478 e. The number of carboxylic acid groups (broad SMARTS) is 1. The fourth-order valence-electron chi connectivity index (χ4n) is 1.50. The third-order valence-corrected chi connectivity index (χ3v) is 3.70. The summed E-state index contributed by atoms with van der Waals surface area (Å²) in [5, 5.41) is 11.1. The molecule has 1 aromatic heterocycles. The highest BCUT2D eigenvalue weighted by Gasteiger charge is 2.11. The average molecular weight is 253 g/mol. The van der Waals surface area contributed by atoms with Crippen molar-refractivity contribution in [1.82, 2.24) is 0 Å². The van der Waals surface area contributed by atoms with Crippen molar-refractivity contribution >= 4 is 28.9 Å². The molecule has 0 aliphatic heterocycles. The maximum Gasteiger partial charge on any atom is 0.337 e. The van der Waals surface area contributed by atoms with Crippen LogP contribution in [0.3, 0.4) is 0 Å². The van der Waals surface area contributed by atoms with Crippen LogP contribution >= 0.6 is 22.9 Å². The monoisotopic (exact) mass is 252 g/mol. The second kappa shape index (κ2) is 4.28. The lowest BCUT2D eigenvalue weighted by Crippen LogP contribution is -1.96. The lowest BCUT2D eigenvalue weighted by Gasteiger charge is -2.03. The summed E-state index contributed by atoms with van der Waals surface area (Å²) in [6, 6.07) is 7.05. The van der Waals surface area contributed by atoms with E-state index in [0.29, 0.717) is 0 Å². The molecular formula is C12H9ClO2S. The third kappa shape index (κ3) is 1.96. The molecule has 0 unspecified atom stereocenters. The maximum absolute atomic E-state index is 10.8. The van der Waals surface area contributed by atoms with Crippen LogP contribution in [0.4, 0.5) is 0 Å². The molecule has 0 fully saturated rings. The van der Waals surface area contributed by atoms with Gasteiger partial charge in [0.1, 0.15) is 0 Å². The molecule has 82 valence electrons. The summed E-state index contributed by atoms with van der Waals surface area (Å²) in [6.45, 7) is 2.02. The third-order valence-electron chi connectivity index (χ3n) is 2.32. The Balaban J connectivity index is 2.50. The van der Waals surface area contributed by atoms with Gasteiger partial charge in [0.25, 0.3) is 0 Å². The second-order valence-electron chi connectivity index (χ2n) is 3.43. The van der Waals surface area contributed by atoms with Gasteiger partial charge in [-0.25, -0.2) is 4.79 Å². The Morgan fingerprint density at radius 2 is 2.12 bits per heavy atom.